The molecule has 0 fully saturated rings. The van der Waals surface area contributed by atoms with Gasteiger partial charge in [-0.3, -0.25) is 0 Å². The molecule has 0 saturated carbocycles. The molecule has 3 nitrogen and oxygen atoms in total. The Hall–Kier alpha value is -0.360. The summed E-state index contributed by atoms with van der Waals surface area (Å²) in [5.74, 6) is -0.241. The average molecular weight is 341 g/mol. The lowest BCUT2D eigenvalue weighted by molar-refractivity contribution is 0.0124. The van der Waals surface area contributed by atoms with Gasteiger partial charge in [-0.05, 0) is 35.5 Å². The first-order chi connectivity index (χ1) is 8.35. The summed E-state index contributed by atoms with van der Waals surface area (Å²) in [4.78, 5) is 0. The highest BCUT2D eigenvalue weighted by Gasteiger charge is 2.21. The molecule has 18 heavy (non-hydrogen) atoms. The number of hydrogen-bond donors (Lipinski definition) is 2. The first kappa shape index (κ1) is 15.7. The van der Waals surface area contributed by atoms with Crippen LogP contribution in [0, 0.1) is 5.82 Å². The van der Waals surface area contributed by atoms with Gasteiger partial charge < -0.3 is 15.2 Å². The Balaban J connectivity index is 2.66. The van der Waals surface area contributed by atoms with Gasteiger partial charge in [0.2, 0.25) is 0 Å². The van der Waals surface area contributed by atoms with Gasteiger partial charge in [0.25, 0.3) is 0 Å². The van der Waals surface area contributed by atoms with E-state index in [2.05, 4.69) is 21.2 Å². The summed E-state index contributed by atoms with van der Waals surface area (Å²) in [5.41, 5.74) is -1.02. The topological polar surface area (TPSA) is 41.5 Å². The largest absolute Gasteiger partial charge is 0.489 e. The number of hydrogen-bond acceptors (Lipinski definition) is 3. The molecule has 6 heteroatoms. The van der Waals surface area contributed by atoms with Crippen molar-refractivity contribution < 1.29 is 14.2 Å². The number of aliphatic hydroxyl groups is 1. The van der Waals surface area contributed by atoms with Crippen LogP contribution in [-0.2, 0) is 0 Å². The van der Waals surface area contributed by atoms with Crippen molar-refractivity contribution in [1.82, 2.24) is 5.32 Å². The van der Waals surface area contributed by atoms with Crippen LogP contribution in [0.5, 0.6) is 5.75 Å². The third kappa shape index (κ3) is 4.72. The summed E-state index contributed by atoms with van der Waals surface area (Å²) in [5, 5.41) is 13.0. The quantitative estimate of drug-likeness (QED) is 0.782. The molecule has 1 atom stereocenters. The first-order valence-electron chi connectivity index (χ1n) is 5.56. The third-order valence-corrected chi connectivity index (χ3v) is 3.18. The van der Waals surface area contributed by atoms with Crippen LogP contribution in [0.2, 0.25) is 5.02 Å². The normalized spacial score (nSPS) is 14.3. The van der Waals surface area contributed by atoms with Crippen LogP contribution >= 0.6 is 27.5 Å². The van der Waals surface area contributed by atoms with Crippen LogP contribution in [0.15, 0.2) is 16.6 Å². The van der Waals surface area contributed by atoms with E-state index in [1.165, 1.54) is 12.1 Å². The van der Waals surface area contributed by atoms with E-state index >= 15 is 0 Å². The third-order valence-electron chi connectivity index (χ3n) is 2.27. The summed E-state index contributed by atoms with van der Waals surface area (Å²) < 4.78 is 19.2. The molecule has 102 valence electrons. The van der Waals surface area contributed by atoms with Gasteiger partial charge in [0.05, 0.1) is 9.50 Å². The lowest BCUT2D eigenvalue weighted by atomic mass is 10.1. The Morgan fingerprint density at radius 2 is 2.22 bits per heavy atom. The molecule has 0 bridgehead atoms. The molecule has 0 heterocycles. The summed E-state index contributed by atoms with van der Waals surface area (Å²) >= 11 is 8.85. The molecule has 1 rings (SSSR count). The molecule has 0 aliphatic rings. The first-order valence-corrected chi connectivity index (χ1v) is 6.73. The van der Waals surface area contributed by atoms with Crippen molar-refractivity contribution in [3.63, 3.8) is 0 Å². The fraction of sp³-hybridized carbons (Fsp3) is 0.500. The molecular formula is C12H16BrClFNO2. The predicted molar refractivity (Wildman–Crippen MR) is 73.8 cm³/mol. The highest BCUT2D eigenvalue weighted by molar-refractivity contribution is 9.10. The van der Waals surface area contributed by atoms with E-state index in [0.29, 0.717) is 16.8 Å². The van der Waals surface area contributed by atoms with E-state index in [9.17, 15) is 9.50 Å². The molecule has 0 radical (unpaired) electrons. The Labute approximate surface area is 119 Å². The maximum Gasteiger partial charge on any atom is 0.145 e. The van der Waals surface area contributed by atoms with Crippen LogP contribution in [0.25, 0.3) is 0 Å². The standard InChI is InChI=1S/C12H16BrClFNO2/c1-3-16-6-12(2,17)7-18-11-5-10(15)9(14)4-8(11)13/h4-5,16-17H,3,6-7H2,1-2H3. The second kappa shape index (κ2) is 6.70. The molecule has 1 aromatic rings. The zero-order valence-electron chi connectivity index (χ0n) is 10.3. The average Bonchev–Trinajstić information content (AvgIpc) is 2.30. The fourth-order valence-electron chi connectivity index (χ4n) is 1.29. The van der Waals surface area contributed by atoms with E-state index in [4.69, 9.17) is 16.3 Å². The Bertz CT molecular complexity index is 415. The summed E-state index contributed by atoms with van der Waals surface area (Å²) in [6, 6.07) is 2.61. The van der Waals surface area contributed by atoms with Crippen LogP contribution in [-0.4, -0.2) is 30.4 Å². The van der Waals surface area contributed by atoms with Crippen LogP contribution in [0.4, 0.5) is 4.39 Å². The molecule has 1 unspecified atom stereocenters. The van der Waals surface area contributed by atoms with Crippen molar-refractivity contribution in [2.24, 2.45) is 0 Å². The van der Waals surface area contributed by atoms with Crippen LogP contribution in [0.3, 0.4) is 0 Å². The van der Waals surface area contributed by atoms with Crippen molar-refractivity contribution in [2.45, 2.75) is 19.4 Å². The summed E-state index contributed by atoms with van der Waals surface area (Å²) in [6.45, 7) is 4.81. The molecule has 0 aromatic heterocycles. The van der Waals surface area contributed by atoms with Crippen molar-refractivity contribution in [2.75, 3.05) is 19.7 Å². The Morgan fingerprint density at radius 1 is 1.56 bits per heavy atom. The Kier molecular flexibility index (Phi) is 5.85. The molecule has 0 spiro atoms. The molecule has 1 aromatic carbocycles. The van der Waals surface area contributed by atoms with E-state index in [1.807, 2.05) is 6.92 Å². The van der Waals surface area contributed by atoms with Crippen molar-refractivity contribution in [3.05, 3.63) is 27.4 Å². The second-order valence-electron chi connectivity index (χ2n) is 4.26. The van der Waals surface area contributed by atoms with Gasteiger partial charge in [-0.2, -0.15) is 0 Å². The maximum absolute atomic E-state index is 13.3. The minimum absolute atomic E-state index is 0.0219. The number of rotatable bonds is 6. The fourth-order valence-corrected chi connectivity index (χ4v) is 2.05. The monoisotopic (exact) mass is 339 g/mol. The molecule has 0 aliphatic carbocycles. The SMILES string of the molecule is CCNCC(C)(O)COc1cc(F)c(Cl)cc1Br. The van der Waals surface area contributed by atoms with Crippen molar-refractivity contribution in [3.8, 4) is 5.75 Å². The minimum Gasteiger partial charge on any atom is -0.489 e. The highest BCUT2D eigenvalue weighted by atomic mass is 79.9. The minimum atomic E-state index is -1.02. The Morgan fingerprint density at radius 3 is 2.83 bits per heavy atom. The maximum atomic E-state index is 13.3. The smallest absolute Gasteiger partial charge is 0.145 e. The van der Waals surface area contributed by atoms with E-state index < -0.39 is 11.4 Å². The number of benzene rings is 1. The highest BCUT2D eigenvalue weighted by Crippen LogP contribution is 2.30. The number of halogens is 3. The summed E-state index contributed by atoms with van der Waals surface area (Å²) in [7, 11) is 0. The lowest BCUT2D eigenvalue weighted by Gasteiger charge is -2.24. The van der Waals surface area contributed by atoms with Crippen LogP contribution < -0.4 is 10.1 Å². The molecule has 2 N–H and O–H groups in total. The zero-order valence-corrected chi connectivity index (χ0v) is 12.6. The lowest BCUT2D eigenvalue weighted by Crippen LogP contribution is -2.42. The van der Waals surface area contributed by atoms with Gasteiger partial charge >= 0.3 is 0 Å². The summed E-state index contributed by atoms with van der Waals surface area (Å²) in [6.07, 6.45) is 0. The van der Waals surface area contributed by atoms with Gasteiger partial charge in [0.15, 0.2) is 0 Å². The van der Waals surface area contributed by atoms with E-state index in [1.54, 1.807) is 6.92 Å². The number of likely N-dealkylation sites (N-methyl/N-ethyl adjacent to an activating group) is 1. The molecule has 0 aliphatic heterocycles. The van der Waals surface area contributed by atoms with Crippen molar-refractivity contribution in [1.29, 1.82) is 0 Å². The predicted octanol–water partition coefficient (Wildman–Crippen LogP) is 2.98. The van der Waals surface area contributed by atoms with E-state index in [0.717, 1.165) is 6.54 Å². The van der Waals surface area contributed by atoms with Gasteiger partial charge in [0.1, 0.15) is 23.8 Å². The van der Waals surface area contributed by atoms with Gasteiger partial charge in [0, 0.05) is 12.6 Å². The van der Waals surface area contributed by atoms with Gasteiger partial charge in [-0.25, -0.2) is 4.39 Å². The van der Waals surface area contributed by atoms with Crippen LogP contribution in [0.1, 0.15) is 13.8 Å². The molecule has 0 amide bonds. The van der Waals surface area contributed by atoms with E-state index in [-0.39, 0.29) is 11.6 Å². The van der Waals surface area contributed by atoms with Gasteiger partial charge in [-0.15, -0.1) is 0 Å². The molecule has 0 saturated heterocycles. The van der Waals surface area contributed by atoms with Gasteiger partial charge in [-0.1, -0.05) is 18.5 Å². The van der Waals surface area contributed by atoms with Crippen molar-refractivity contribution >= 4 is 27.5 Å². The number of ether oxygens (including phenoxy) is 1. The second-order valence-corrected chi connectivity index (χ2v) is 5.52. The molecular weight excluding hydrogens is 324 g/mol. The number of nitrogens with one attached hydrogen (secondary N) is 1. The zero-order chi connectivity index (χ0) is 13.8.